The fourth-order valence-electron chi connectivity index (χ4n) is 6.69. The van der Waals surface area contributed by atoms with Crippen LogP contribution in [-0.4, -0.2) is 30.9 Å². The summed E-state index contributed by atoms with van der Waals surface area (Å²) in [5.74, 6) is 2.92. The van der Waals surface area contributed by atoms with Gasteiger partial charge in [0, 0.05) is 58.1 Å². The molecule has 0 saturated heterocycles. The molecule has 2 aliphatic heterocycles. The van der Waals surface area contributed by atoms with Gasteiger partial charge in [-0.2, -0.15) is 4.57 Å². The molecule has 2 aliphatic rings. The van der Waals surface area contributed by atoms with E-state index in [0.717, 1.165) is 79.8 Å². The van der Waals surface area contributed by atoms with E-state index in [1.807, 2.05) is 24.3 Å². The lowest BCUT2D eigenvalue weighted by molar-refractivity contribution is -0.686. The van der Waals surface area contributed by atoms with E-state index in [4.69, 9.17) is 18.9 Å². The summed E-state index contributed by atoms with van der Waals surface area (Å²) in [6, 6.07) is 23.5. The highest BCUT2D eigenvalue weighted by molar-refractivity contribution is 5.96. The number of aryl methyl sites for hydroxylation is 2. The summed E-state index contributed by atoms with van der Waals surface area (Å²) in [7, 11) is 3.33. The number of aromatic amines is 1. The standard InChI is InChI=1S/C35H28N3O6/c1-41-31-10-8-25-27(14-20-5-3-4-6-24(20)30-15-22-13-23(38(39)40)7-9-29(22)36-30)34-26-17-33-32(43-19-44-33)16-21(26)11-12-37(34)18-28(25)35(31)42-2/h3-10,13,15-18,36H,11-12,14,19H2,1-2H3/q+1. The molecule has 2 aromatic heterocycles. The monoisotopic (exact) mass is 586 g/mol. The number of nitrogens with zero attached hydrogens (tertiary/aromatic N) is 2. The first-order valence-corrected chi connectivity index (χ1v) is 14.4. The molecule has 0 bridgehead atoms. The summed E-state index contributed by atoms with van der Waals surface area (Å²) in [5.41, 5.74) is 8.61. The molecule has 0 spiro atoms. The van der Waals surface area contributed by atoms with Crippen molar-refractivity contribution in [2.24, 2.45) is 0 Å². The van der Waals surface area contributed by atoms with Gasteiger partial charge in [0.05, 0.1) is 30.1 Å². The Morgan fingerprint density at radius 1 is 0.932 bits per heavy atom. The summed E-state index contributed by atoms with van der Waals surface area (Å²) < 4.78 is 25.4. The number of aromatic nitrogens is 2. The Balaban J connectivity index is 1.35. The van der Waals surface area contributed by atoms with Gasteiger partial charge in [0.25, 0.3) is 5.69 Å². The van der Waals surface area contributed by atoms with E-state index in [0.29, 0.717) is 17.9 Å². The number of ether oxygens (including phenoxy) is 4. The molecule has 0 saturated carbocycles. The average Bonchev–Trinajstić information content (AvgIpc) is 3.69. The predicted octanol–water partition coefficient (Wildman–Crippen LogP) is 6.74. The number of methoxy groups -OCH3 is 2. The maximum absolute atomic E-state index is 11.4. The van der Waals surface area contributed by atoms with Crippen LogP contribution in [0.25, 0.3) is 44.2 Å². The maximum Gasteiger partial charge on any atom is 0.270 e. The number of nitro groups is 1. The molecule has 0 aliphatic carbocycles. The lowest BCUT2D eigenvalue weighted by atomic mass is 9.87. The van der Waals surface area contributed by atoms with Gasteiger partial charge in [-0.15, -0.1) is 0 Å². The van der Waals surface area contributed by atoms with Crippen molar-refractivity contribution in [2.45, 2.75) is 19.4 Å². The smallest absolute Gasteiger partial charge is 0.270 e. The molecule has 4 heterocycles. The van der Waals surface area contributed by atoms with Gasteiger partial charge in [-0.05, 0) is 47.5 Å². The van der Waals surface area contributed by atoms with Crippen molar-refractivity contribution in [1.29, 1.82) is 0 Å². The molecule has 6 aromatic rings. The molecule has 1 N–H and O–H groups in total. The number of H-pyrrole nitrogens is 1. The first-order chi connectivity index (χ1) is 21.5. The zero-order valence-electron chi connectivity index (χ0n) is 24.2. The van der Waals surface area contributed by atoms with Gasteiger partial charge in [-0.25, -0.2) is 0 Å². The van der Waals surface area contributed by atoms with Crippen LogP contribution >= 0.6 is 0 Å². The molecule has 8 rings (SSSR count). The summed E-state index contributed by atoms with van der Waals surface area (Å²) in [4.78, 5) is 14.5. The molecule has 0 radical (unpaired) electrons. The zero-order valence-corrected chi connectivity index (χ0v) is 24.2. The molecule has 0 atom stereocenters. The molecule has 44 heavy (non-hydrogen) atoms. The maximum atomic E-state index is 11.4. The number of hydrogen-bond acceptors (Lipinski definition) is 6. The van der Waals surface area contributed by atoms with Crippen molar-refractivity contribution in [3.8, 4) is 45.5 Å². The van der Waals surface area contributed by atoms with E-state index in [9.17, 15) is 10.1 Å². The largest absolute Gasteiger partial charge is 0.493 e. The fraction of sp³-hybridized carbons (Fsp3) is 0.171. The SMILES string of the molecule is COc1ccc2c(Cc3ccccc3-c3cc4cc([N+](=O)[O-])ccc4[nH]3)c3[n+](cc2c1OC)CCc1cc2c(cc1-3)OCO2. The Bertz CT molecular complexity index is 2150. The predicted molar refractivity (Wildman–Crippen MR) is 166 cm³/mol. The molecule has 9 heteroatoms. The van der Waals surface area contributed by atoms with Gasteiger partial charge in [0.15, 0.2) is 35.7 Å². The number of rotatable bonds is 6. The lowest BCUT2D eigenvalue weighted by Gasteiger charge is -2.21. The highest BCUT2D eigenvalue weighted by Crippen LogP contribution is 2.44. The van der Waals surface area contributed by atoms with Crippen LogP contribution in [-0.2, 0) is 19.4 Å². The quantitative estimate of drug-likeness (QED) is 0.132. The molecule has 0 fully saturated rings. The molecule has 9 nitrogen and oxygen atoms in total. The number of benzene rings is 4. The van der Waals surface area contributed by atoms with Gasteiger partial charge in [-0.1, -0.05) is 24.3 Å². The van der Waals surface area contributed by atoms with Crippen LogP contribution in [0.15, 0.2) is 79.0 Å². The van der Waals surface area contributed by atoms with E-state index >= 15 is 0 Å². The summed E-state index contributed by atoms with van der Waals surface area (Å²) in [6.45, 7) is 1.02. The minimum absolute atomic E-state index is 0.0691. The van der Waals surface area contributed by atoms with Crippen LogP contribution < -0.4 is 23.5 Å². The second-order valence-corrected chi connectivity index (χ2v) is 11.1. The summed E-state index contributed by atoms with van der Waals surface area (Å²) >= 11 is 0. The first kappa shape index (κ1) is 26.1. The molecule has 0 unspecified atom stereocenters. The van der Waals surface area contributed by atoms with Crippen LogP contribution in [0.2, 0.25) is 0 Å². The summed E-state index contributed by atoms with van der Waals surface area (Å²) in [5, 5.41) is 14.2. The van der Waals surface area contributed by atoms with Crippen molar-refractivity contribution in [1.82, 2.24) is 4.98 Å². The Labute approximate surface area is 252 Å². The van der Waals surface area contributed by atoms with Crippen molar-refractivity contribution in [3.63, 3.8) is 0 Å². The van der Waals surface area contributed by atoms with E-state index in [-0.39, 0.29) is 17.4 Å². The van der Waals surface area contributed by atoms with Gasteiger partial charge in [-0.3, -0.25) is 10.1 Å². The Hall–Kier alpha value is -5.57. The Kier molecular flexibility index (Phi) is 5.94. The third-order valence-electron chi connectivity index (χ3n) is 8.73. The number of nitrogens with one attached hydrogen (secondary N) is 1. The normalized spacial score (nSPS) is 13.1. The average molecular weight is 587 g/mol. The molecule has 218 valence electrons. The Morgan fingerprint density at radius 3 is 2.59 bits per heavy atom. The van der Waals surface area contributed by atoms with E-state index in [1.165, 1.54) is 11.6 Å². The van der Waals surface area contributed by atoms with Crippen LogP contribution in [0.5, 0.6) is 23.0 Å². The second kappa shape index (κ2) is 10.0. The van der Waals surface area contributed by atoms with Gasteiger partial charge < -0.3 is 23.9 Å². The van der Waals surface area contributed by atoms with Crippen molar-refractivity contribution in [3.05, 3.63) is 106 Å². The number of nitro benzene ring substituents is 1. The zero-order chi connectivity index (χ0) is 29.9. The minimum atomic E-state index is -0.366. The first-order valence-electron chi connectivity index (χ1n) is 14.4. The number of pyridine rings is 1. The molecule has 4 aromatic carbocycles. The van der Waals surface area contributed by atoms with Crippen LogP contribution in [0.1, 0.15) is 16.7 Å². The third-order valence-corrected chi connectivity index (χ3v) is 8.73. The number of non-ortho nitro benzene ring substituents is 1. The number of hydrogen-bond donors (Lipinski definition) is 1. The minimum Gasteiger partial charge on any atom is -0.493 e. The second-order valence-electron chi connectivity index (χ2n) is 11.1. The van der Waals surface area contributed by atoms with Crippen LogP contribution in [0, 0.1) is 10.1 Å². The molecular weight excluding hydrogens is 558 g/mol. The van der Waals surface area contributed by atoms with Crippen LogP contribution in [0.3, 0.4) is 0 Å². The molecular formula is C35H28N3O6+. The highest BCUT2D eigenvalue weighted by Gasteiger charge is 2.32. The van der Waals surface area contributed by atoms with Crippen molar-refractivity contribution < 1.29 is 28.4 Å². The van der Waals surface area contributed by atoms with Gasteiger partial charge in [0.2, 0.25) is 12.5 Å². The Morgan fingerprint density at radius 2 is 1.77 bits per heavy atom. The van der Waals surface area contributed by atoms with Gasteiger partial charge >= 0.3 is 0 Å². The topological polar surface area (TPSA) is 99.7 Å². The fourth-order valence-corrected chi connectivity index (χ4v) is 6.69. The molecule has 0 amide bonds. The van der Waals surface area contributed by atoms with Crippen molar-refractivity contribution in [2.75, 3.05) is 21.0 Å². The highest BCUT2D eigenvalue weighted by atomic mass is 16.7. The van der Waals surface area contributed by atoms with E-state index in [2.05, 4.69) is 46.1 Å². The third kappa shape index (κ3) is 4.04. The van der Waals surface area contributed by atoms with E-state index in [1.54, 1.807) is 26.4 Å². The van der Waals surface area contributed by atoms with Gasteiger partial charge in [0.1, 0.15) is 0 Å². The summed E-state index contributed by atoms with van der Waals surface area (Å²) in [6.07, 6.45) is 3.65. The van der Waals surface area contributed by atoms with Crippen LogP contribution in [0.4, 0.5) is 5.69 Å². The lowest BCUT2D eigenvalue weighted by Crippen LogP contribution is -2.41. The van der Waals surface area contributed by atoms with Crippen molar-refractivity contribution >= 4 is 27.4 Å². The number of fused-ring (bicyclic) bond motifs is 6. The van der Waals surface area contributed by atoms with E-state index < -0.39 is 0 Å².